The first-order valence-corrected chi connectivity index (χ1v) is 7.53. The lowest BCUT2D eigenvalue weighted by atomic mass is 9.87. The molecule has 1 aromatic heterocycles. The largest absolute Gasteiger partial charge is 0.466 e. The molecule has 6 nitrogen and oxygen atoms in total. The molecule has 0 radical (unpaired) electrons. The van der Waals surface area contributed by atoms with Crippen molar-refractivity contribution in [2.24, 2.45) is 11.8 Å². The van der Waals surface area contributed by atoms with Crippen LogP contribution in [0.15, 0.2) is 24.5 Å². The maximum Gasteiger partial charge on any atom is 0.311 e. The van der Waals surface area contributed by atoms with Gasteiger partial charge in [0.1, 0.15) is 0 Å². The van der Waals surface area contributed by atoms with Crippen molar-refractivity contribution in [1.29, 1.82) is 0 Å². The highest BCUT2D eigenvalue weighted by Gasteiger charge is 2.49. The number of hydrogen-bond acceptors (Lipinski definition) is 6. The van der Waals surface area contributed by atoms with E-state index in [9.17, 15) is 9.59 Å². The minimum atomic E-state index is -0.564. The van der Waals surface area contributed by atoms with Crippen LogP contribution in [-0.2, 0) is 19.1 Å². The second kappa shape index (κ2) is 7.35. The Bertz CT molecular complexity index is 520. The lowest BCUT2D eigenvalue weighted by Crippen LogP contribution is -2.32. The molecule has 0 spiro atoms. The average molecular weight is 306 g/mol. The lowest BCUT2D eigenvalue weighted by Gasteiger charge is -2.24. The quantitative estimate of drug-likeness (QED) is 0.767. The van der Waals surface area contributed by atoms with Gasteiger partial charge in [0.15, 0.2) is 0 Å². The molecule has 0 aromatic carbocycles. The Morgan fingerprint density at radius 2 is 1.77 bits per heavy atom. The molecular weight excluding hydrogens is 284 g/mol. The molecule has 1 aromatic rings. The third-order valence-corrected chi connectivity index (χ3v) is 3.93. The minimum Gasteiger partial charge on any atom is -0.466 e. The van der Waals surface area contributed by atoms with Crippen LogP contribution < -0.4 is 0 Å². The van der Waals surface area contributed by atoms with E-state index in [1.165, 1.54) is 0 Å². The van der Waals surface area contributed by atoms with Crippen molar-refractivity contribution in [2.75, 3.05) is 26.8 Å². The van der Waals surface area contributed by atoms with Crippen molar-refractivity contribution >= 4 is 11.9 Å². The van der Waals surface area contributed by atoms with Gasteiger partial charge in [0.05, 0.1) is 25.0 Å². The zero-order valence-corrected chi connectivity index (χ0v) is 13.2. The van der Waals surface area contributed by atoms with E-state index in [-0.39, 0.29) is 24.6 Å². The fraction of sp³-hybridized carbons (Fsp3) is 0.562. The fourth-order valence-corrected chi connectivity index (χ4v) is 3.06. The van der Waals surface area contributed by atoms with Crippen LogP contribution >= 0.6 is 0 Å². The summed E-state index contributed by atoms with van der Waals surface area (Å²) in [5.41, 5.74) is 0.947. The lowest BCUT2D eigenvalue weighted by molar-refractivity contribution is -0.159. The van der Waals surface area contributed by atoms with Gasteiger partial charge < -0.3 is 9.47 Å². The first-order valence-electron chi connectivity index (χ1n) is 7.53. The molecule has 2 rings (SSSR count). The van der Waals surface area contributed by atoms with Gasteiger partial charge in [-0.25, -0.2) is 0 Å². The smallest absolute Gasteiger partial charge is 0.311 e. The molecule has 0 amide bonds. The number of likely N-dealkylation sites (tertiary alicyclic amines) is 1. The van der Waals surface area contributed by atoms with Gasteiger partial charge in [-0.2, -0.15) is 0 Å². The van der Waals surface area contributed by atoms with Crippen LogP contribution in [-0.4, -0.2) is 48.6 Å². The summed E-state index contributed by atoms with van der Waals surface area (Å²) in [6, 6.07) is 3.51. The molecule has 0 aliphatic carbocycles. The van der Waals surface area contributed by atoms with E-state index in [2.05, 4.69) is 4.98 Å². The van der Waals surface area contributed by atoms with Gasteiger partial charge in [-0.05, 0) is 38.6 Å². The van der Waals surface area contributed by atoms with Crippen LogP contribution in [0.2, 0.25) is 0 Å². The first-order chi connectivity index (χ1) is 10.6. The van der Waals surface area contributed by atoms with Crippen molar-refractivity contribution in [3.8, 4) is 0 Å². The van der Waals surface area contributed by atoms with Crippen LogP contribution in [0.3, 0.4) is 0 Å². The molecule has 2 heterocycles. The van der Waals surface area contributed by atoms with E-state index < -0.39 is 11.8 Å². The highest BCUT2D eigenvalue weighted by Crippen LogP contribution is 2.41. The van der Waals surface area contributed by atoms with Gasteiger partial charge >= 0.3 is 11.9 Å². The van der Waals surface area contributed by atoms with Gasteiger partial charge in [0.25, 0.3) is 0 Å². The number of ether oxygens (including phenoxy) is 2. The molecule has 0 N–H and O–H groups in total. The Kier molecular flexibility index (Phi) is 5.49. The highest BCUT2D eigenvalue weighted by molar-refractivity contribution is 5.84. The number of carbonyl (C=O) groups is 2. The summed E-state index contributed by atoms with van der Waals surface area (Å²) in [7, 11) is 1.90. The molecular formula is C16H22N2O4. The molecule has 1 aliphatic rings. The Morgan fingerprint density at radius 1 is 1.18 bits per heavy atom. The number of pyridine rings is 1. The Morgan fingerprint density at radius 3 is 2.36 bits per heavy atom. The van der Waals surface area contributed by atoms with Crippen LogP contribution in [0, 0.1) is 11.8 Å². The number of carbonyl (C=O) groups excluding carboxylic acids is 2. The minimum absolute atomic E-state index is 0.212. The molecule has 22 heavy (non-hydrogen) atoms. The fourth-order valence-electron chi connectivity index (χ4n) is 3.06. The number of nitrogens with zero attached hydrogens (tertiary/aromatic N) is 2. The van der Waals surface area contributed by atoms with Gasteiger partial charge in [0, 0.05) is 25.0 Å². The van der Waals surface area contributed by atoms with E-state index >= 15 is 0 Å². The molecule has 6 heteroatoms. The summed E-state index contributed by atoms with van der Waals surface area (Å²) in [6.45, 7) is 4.58. The van der Waals surface area contributed by atoms with Crippen molar-refractivity contribution in [3.63, 3.8) is 0 Å². The van der Waals surface area contributed by atoms with E-state index in [0.29, 0.717) is 13.2 Å². The number of rotatable bonds is 5. The number of hydrogen-bond donors (Lipinski definition) is 0. The first kappa shape index (κ1) is 16.4. The van der Waals surface area contributed by atoms with Crippen LogP contribution in [0.5, 0.6) is 0 Å². The normalized spacial score (nSPS) is 25.0. The summed E-state index contributed by atoms with van der Waals surface area (Å²) >= 11 is 0. The third-order valence-electron chi connectivity index (χ3n) is 3.93. The van der Waals surface area contributed by atoms with E-state index in [1.54, 1.807) is 26.2 Å². The molecule has 120 valence electrons. The van der Waals surface area contributed by atoms with E-state index in [1.807, 2.05) is 24.1 Å². The van der Waals surface area contributed by atoms with Gasteiger partial charge in [0.2, 0.25) is 0 Å². The van der Waals surface area contributed by atoms with Crippen molar-refractivity contribution in [3.05, 3.63) is 30.1 Å². The number of esters is 2. The predicted molar refractivity (Wildman–Crippen MR) is 79.9 cm³/mol. The van der Waals surface area contributed by atoms with Gasteiger partial charge in [-0.3, -0.25) is 19.5 Å². The summed E-state index contributed by atoms with van der Waals surface area (Å²) in [4.78, 5) is 30.6. The van der Waals surface area contributed by atoms with Crippen molar-refractivity contribution < 1.29 is 19.1 Å². The Hall–Kier alpha value is -1.95. The van der Waals surface area contributed by atoms with Crippen LogP contribution in [0.1, 0.15) is 25.5 Å². The summed E-state index contributed by atoms with van der Waals surface area (Å²) in [5, 5.41) is 0. The maximum absolute atomic E-state index is 12.4. The second-order valence-electron chi connectivity index (χ2n) is 5.30. The second-order valence-corrected chi connectivity index (χ2v) is 5.30. The summed E-state index contributed by atoms with van der Waals surface area (Å²) in [6.07, 6.45) is 3.37. The van der Waals surface area contributed by atoms with E-state index in [4.69, 9.17) is 9.47 Å². The summed E-state index contributed by atoms with van der Waals surface area (Å²) in [5.74, 6) is -1.77. The summed E-state index contributed by atoms with van der Waals surface area (Å²) < 4.78 is 10.3. The Balaban J connectivity index is 2.34. The predicted octanol–water partition coefficient (Wildman–Crippen LogP) is 1.43. The monoisotopic (exact) mass is 306 g/mol. The van der Waals surface area contributed by atoms with Crippen molar-refractivity contribution in [1.82, 2.24) is 9.88 Å². The van der Waals surface area contributed by atoms with Gasteiger partial charge in [-0.1, -0.05) is 0 Å². The van der Waals surface area contributed by atoms with Crippen molar-refractivity contribution in [2.45, 2.75) is 19.9 Å². The standard InChI is InChI=1S/C16H22N2O4/c1-4-21-15(19)12-10-18(3)14(11-6-8-17-9-7-11)13(12)16(20)22-5-2/h6-9,12-14H,4-5,10H2,1-3H3/t12-,13+,14+/m0/s1. The van der Waals surface area contributed by atoms with Crippen LogP contribution in [0.4, 0.5) is 0 Å². The molecule has 1 aliphatic heterocycles. The Labute approximate surface area is 130 Å². The topological polar surface area (TPSA) is 68.7 Å². The average Bonchev–Trinajstić information content (AvgIpc) is 2.86. The molecule has 1 saturated heterocycles. The molecule has 3 atom stereocenters. The SMILES string of the molecule is CCOC(=O)[C@@H]1[C@@H](C(=O)OCC)CN(C)[C@@H]1c1ccncc1. The van der Waals surface area contributed by atoms with E-state index in [0.717, 1.165) is 5.56 Å². The third kappa shape index (κ3) is 3.27. The zero-order valence-electron chi connectivity index (χ0n) is 13.2. The molecule has 0 bridgehead atoms. The van der Waals surface area contributed by atoms with Crippen LogP contribution in [0.25, 0.3) is 0 Å². The highest BCUT2D eigenvalue weighted by atomic mass is 16.5. The molecule has 0 unspecified atom stereocenters. The molecule has 0 saturated carbocycles. The number of aromatic nitrogens is 1. The maximum atomic E-state index is 12.4. The zero-order chi connectivity index (χ0) is 16.1. The molecule has 1 fully saturated rings. The van der Waals surface area contributed by atoms with Gasteiger partial charge in [-0.15, -0.1) is 0 Å².